The number of carbonyl (C=O) groups is 1. The van der Waals surface area contributed by atoms with E-state index in [4.69, 9.17) is 0 Å². The predicted molar refractivity (Wildman–Crippen MR) is 109 cm³/mol. The Bertz CT molecular complexity index is 1160. The summed E-state index contributed by atoms with van der Waals surface area (Å²) >= 11 is 0. The number of rotatable bonds is 4. The normalized spacial score (nSPS) is 14.9. The van der Waals surface area contributed by atoms with Gasteiger partial charge in [0.15, 0.2) is 0 Å². The number of aromatic amines is 1. The number of sulfonamides is 1. The molecular weight excluding hydrogens is 374 g/mol. The maximum atomic E-state index is 12.8. The molecule has 2 heterocycles. The van der Waals surface area contributed by atoms with Gasteiger partial charge in [-0.05, 0) is 49.4 Å². The van der Waals surface area contributed by atoms with Gasteiger partial charge in [-0.3, -0.25) is 4.79 Å². The molecule has 3 aromatic rings. The van der Waals surface area contributed by atoms with Gasteiger partial charge in [0.1, 0.15) is 0 Å². The van der Waals surface area contributed by atoms with E-state index in [0.29, 0.717) is 18.7 Å². The van der Waals surface area contributed by atoms with Gasteiger partial charge < -0.3 is 9.88 Å². The van der Waals surface area contributed by atoms with Crippen LogP contribution in [0.25, 0.3) is 16.5 Å². The van der Waals surface area contributed by atoms with Crippen molar-refractivity contribution in [2.45, 2.75) is 11.3 Å². The van der Waals surface area contributed by atoms with Crippen molar-refractivity contribution in [1.29, 1.82) is 0 Å². The van der Waals surface area contributed by atoms with E-state index in [9.17, 15) is 13.2 Å². The van der Waals surface area contributed by atoms with Gasteiger partial charge in [-0.2, -0.15) is 0 Å². The zero-order chi connectivity index (χ0) is 19.7. The van der Waals surface area contributed by atoms with Gasteiger partial charge in [-0.15, -0.1) is 0 Å². The zero-order valence-electron chi connectivity index (χ0n) is 15.5. The number of para-hydroxylation sites is 1. The summed E-state index contributed by atoms with van der Waals surface area (Å²) in [5.41, 5.74) is 4.01. The Balaban J connectivity index is 1.51. The van der Waals surface area contributed by atoms with Crippen molar-refractivity contribution in [3.8, 4) is 0 Å². The monoisotopic (exact) mass is 395 g/mol. The molecule has 0 fully saturated rings. The number of nitrogens with one attached hydrogen (secondary N) is 2. The Morgan fingerprint density at radius 2 is 1.86 bits per heavy atom. The van der Waals surface area contributed by atoms with Crippen molar-refractivity contribution >= 4 is 32.4 Å². The molecule has 0 saturated heterocycles. The van der Waals surface area contributed by atoms with Crippen molar-refractivity contribution in [3.05, 3.63) is 71.9 Å². The molecule has 1 aliphatic heterocycles. The van der Waals surface area contributed by atoms with E-state index in [1.54, 1.807) is 17.0 Å². The first-order chi connectivity index (χ1) is 13.5. The standard InChI is InChI=1S/C21H21N3O3S/c1-22-28(26,27)17-8-6-16(7-9-17)21(25)24-12-10-15(11-13-24)19-14-23-20-5-3-2-4-18(19)20/h2-10,14,22-23H,11-13H2,1H3. The smallest absolute Gasteiger partial charge is 0.254 e. The SMILES string of the molecule is CNS(=O)(=O)c1ccc(C(=O)N2CC=C(c3c[nH]c4ccccc34)CC2)cc1. The van der Waals surface area contributed by atoms with Crippen LogP contribution in [-0.2, 0) is 10.0 Å². The van der Waals surface area contributed by atoms with Crippen molar-refractivity contribution < 1.29 is 13.2 Å². The molecule has 0 saturated carbocycles. The van der Waals surface area contributed by atoms with Crippen molar-refractivity contribution in [2.75, 3.05) is 20.1 Å². The number of hydrogen-bond acceptors (Lipinski definition) is 3. The Morgan fingerprint density at radius 3 is 2.54 bits per heavy atom. The number of aromatic nitrogens is 1. The minimum Gasteiger partial charge on any atom is -0.361 e. The van der Waals surface area contributed by atoms with Gasteiger partial charge in [0.25, 0.3) is 5.91 Å². The highest BCUT2D eigenvalue weighted by molar-refractivity contribution is 7.89. The number of amides is 1. The van der Waals surface area contributed by atoms with Crippen LogP contribution in [0.4, 0.5) is 0 Å². The summed E-state index contributed by atoms with van der Waals surface area (Å²) in [5.74, 6) is -0.0948. The largest absolute Gasteiger partial charge is 0.361 e. The number of H-pyrrole nitrogens is 1. The minimum atomic E-state index is -3.50. The minimum absolute atomic E-state index is 0.0948. The molecule has 2 N–H and O–H groups in total. The van der Waals surface area contributed by atoms with E-state index in [-0.39, 0.29) is 10.8 Å². The Labute approximate surface area is 163 Å². The lowest BCUT2D eigenvalue weighted by Gasteiger charge is -2.26. The highest BCUT2D eigenvalue weighted by Gasteiger charge is 2.21. The number of fused-ring (bicyclic) bond motifs is 1. The molecule has 28 heavy (non-hydrogen) atoms. The molecule has 0 bridgehead atoms. The summed E-state index contributed by atoms with van der Waals surface area (Å²) in [6.45, 7) is 1.16. The number of nitrogens with zero attached hydrogens (tertiary/aromatic N) is 1. The van der Waals surface area contributed by atoms with E-state index >= 15 is 0 Å². The van der Waals surface area contributed by atoms with Crippen LogP contribution in [0.15, 0.2) is 65.7 Å². The lowest BCUT2D eigenvalue weighted by atomic mass is 9.98. The molecule has 1 amide bonds. The molecule has 0 unspecified atom stereocenters. The first-order valence-electron chi connectivity index (χ1n) is 9.08. The summed E-state index contributed by atoms with van der Waals surface area (Å²) in [5, 5.41) is 1.19. The number of hydrogen-bond donors (Lipinski definition) is 2. The second-order valence-electron chi connectivity index (χ2n) is 6.71. The van der Waals surface area contributed by atoms with Crippen LogP contribution in [0.3, 0.4) is 0 Å². The van der Waals surface area contributed by atoms with Gasteiger partial charge in [-0.1, -0.05) is 24.3 Å². The van der Waals surface area contributed by atoms with Gasteiger partial charge in [-0.25, -0.2) is 13.1 Å². The molecule has 6 nitrogen and oxygen atoms in total. The average Bonchev–Trinajstić information content (AvgIpc) is 3.17. The van der Waals surface area contributed by atoms with Crippen LogP contribution < -0.4 is 4.72 Å². The quantitative estimate of drug-likeness (QED) is 0.712. The molecule has 4 rings (SSSR count). The zero-order valence-corrected chi connectivity index (χ0v) is 16.3. The maximum Gasteiger partial charge on any atom is 0.254 e. The summed E-state index contributed by atoms with van der Waals surface area (Å²) in [7, 11) is -2.14. The fourth-order valence-electron chi connectivity index (χ4n) is 3.51. The molecular formula is C21H21N3O3S. The molecule has 0 atom stereocenters. The molecule has 0 aliphatic carbocycles. The number of benzene rings is 2. The van der Waals surface area contributed by atoms with E-state index in [1.165, 1.54) is 35.7 Å². The van der Waals surface area contributed by atoms with Crippen LogP contribution >= 0.6 is 0 Å². The van der Waals surface area contributed by atoms with Crippen molar-refractivity contribution in [2.24, 2.45) is 0 Å². The summed E-state index contributed by atoms with van der Waals surface area (Å²) in [4.78, 5) is 18.0. The van der Waals surface area contributed by atoms with Gasteiger partial charge in [0.05, 0.1) is 4.90 Å². The van der Waals surface area contributed by atoms with Gasteiger partial charge in [0, 0.05) is 41.3 Å². The molecule has 0 spiro atoms. The van der Waals surface area contributed by atoms with Gasteiger partial charge in [0.2, 0.25) is 10.0 Å². The highest BCUT2D eigenvalue weighted by atomic mass is 32.2. The summed E-state index contributed by atoms with van der Waals surface area (Å²) < 4.78 is 25.9. The Morgan fingerprint density at radius 1 is 1.11 bits per heavy atom. The third kappa shape index (κ3) is 3.34. The fraction of sp³-hybridized carbons (Fsp3) is 0.190. The summed E-state index contributed by atoms with van der Waals surface area (Å²) in [6, 6.07) is 14.2. The predicted octanol–water partition coefficient (Wildman–Crippen LogP) is 3.01. The topological polar surface area (TPSA) is 82.3 Å². The molecule has 7 heteroatoms. The summed E-state index contributed by atoms with van der Waals surface area (Å²) in [6.07, 6.45) is 4.89. The molecule has 0 radical (unpaired) electrons. The molecule has 1 aliphatic rings. The third-order valence-corrected chi connectivity index (χ3v) is 6.54. The van der Waals surface area contributed by atoms with E-state index in [2.05, 4.69) is 27.9 Å². The van der Waals surface area contributed by atoms with E-state index in [0.717, 1.165) is 11.9 Å². The van der Waals surface area contributed by atoms with Crippen LogP contribution in [0.2, 0.25) is 0 Å². The molecule has 144 valence electrons. The Kier molecular flexibility index (Phi) is 4.78. The molecule has 2 aromatic carbocycles. The van der Waals surface area contributed by atoms with Crippen LogP contribution in [0, 0.1) is 0 Å². The molecule has 1 aromatic heterocycles. The lowest BCUT2D eigenvalue weighted by molar-refractivity contribution is 0.0773. The second-order valence-corrected chi connectivity index (χ2v) is 8.60. The first-order valence-corrected chi connectivity index (χ1v) is 10.6. The van der Waals surface area contributed by atoms with Crippen LogP contribution in [0.1, 0.15) is 22.3 Å². The van der Waals surface area contributed by atoms with Gasteiger partial charge >= 0.3 is 0 Å². The first kappa shape index (κ1) is 18.5. The average molecular weight is 395 g/mol. The van der Waals surface area contributed by atoms with Crippen LogP contribution in [0.5, 0.6) is 0 Å². The van der Waals surface area contributed by atoms with E-state index < -0.39 is 10.0 Å². The highest BCUT2D eigenvalue weighted by Crippen LogP contribution is 2.29. The van der Waals surface area contributed by atoms with E-state index in [1.807, 2.05) is 18.3 Å². The maximum absolute atomic E-state index is 12.8. The lowest BCUT2D eigenvalue weighted by Crippen LogP contribution is -2.34. The second kappa shape index (κ2) is 7.26. The van der Waals surface area contributed by atoms with Crippen LogP contribution in [-0.4, -0.2) is 44.3 Å². The van der Waals surface area contributed by atoms with Crippen molar-refractivity contribution in [3.63, 3.8) is 0 Å². The number of carbonyl (C=O) groups excluding carboxylic acids is 1. The fourth-order valence-corrected chi connectivity index (χ4v) is 4.24. The Hall–Kier alpha value is -2.90. The van der Waals surface area contributed by atoms with Crippen molar-refractivity contribution in [1.82, 2.24) is 14.6 Å². The third-order valence-electron chi connectivity index (χ3n) is 5.11.